The van der Waals surface area contributed by atoms with Gasteiger partial charge in [-0.2, -0.15) is 0 Å². The molecule has 0 amide bonds. The van der Waals surface area contributed by atoms with Crippen molar-refractivity contribution in [1.29, 1.82) is 0 Å². The lowest BCUT2D eigenvalue weighted by Crippen LogP contribution is -2.15. The van der Waals surface area contributed by atoms with Crippen LogP contribution in [0.15, 0.2) is 77.8 Å². The van der Waals surface area contributed by atoms with E-state index in [1.807, 2.05) is 43.3 Å². The van der Waals surface area contributed by atoms with Gasteiger partial charge >= 0.3 is 0 Å². The Kier molecular flexibility index (Phi) is 6.72. The molecule has 40 heavy (non-hydrogen) atoms. The van der Waals surface area contributed by atoms with Gasteiger partial charge in [-0.15, -0.1) is 0 Å². The molecule has 2 heterocycles. The molecule has 5 aromatic rings. The van der Waals surface area contributed by atoms with E-state index in [0.29, 0.717) is 6.61 Å². The standard InChI is InChI=1S/C33H32N2O5/c1-20-34-25(19-40-20)18-35-32-8-6-21(23-10-26(36-2)16-27(11-23)37-3)14-30(32)31-15-22(7-9-33(31)35)24-12-28(38-4)17-29(13-24)39-5/h6-17,25H,18-19H2,1-5H3/t25-/m0/s1. The summed E-state index contributed by atoms with van der Waals surface area (Å²) in [7, 11) is 6.67. The van der Waals surface area contributed by atoms with E-state index in [9.17, 15) is 0 Å². The van der Waals surface area contributed by atoms with Gasteiger partial charge in [0.05, 0.1) is 28.4 Å². The average molecular weight is 537 g/mol. The molecule has 0 bridgehead atoms. The van der Waals surface area contributed by atoms with Crippen molar-refractivity contribution in [3.05, 3.63) is 72.8 Å². The van der Waals surface area contributed by atoms with Crippen LogP contribution in [0.3, 0.4) is 0 Å². The van der Waals surface area contributed by atoms with Crippen LogP contribution in [0.25, 0.3) is 44.1 Å². The van der Waals surface area contributed by atoms with E-state index >= 15 is 0 Å². The van der Waals surface area contributed by atoms with E-state index in [-0.39, 0.29) is 6.04 Å². The van der Waals surface area contributed by atoms with Gasteiger partial charge in [0.15, 0.2) is 5.90 Å². The maximum absolute atomic E-state index is 5.67. The summed E-state index contributed by atoms with van der Waals surface area (Å²) < 4.78 is 30.2. The summed E-state index contributed by atoms with van der Waals surface area (Å²) in [6.45, 7) is 3.24. The summed E-state index contributed by atoms with van der Waals surface area (Å²) in [6.07, 6.45) is 0. The van der Waals surface area contributed by atoms with E-state index in [4.69, 9.17) is 28.7 Å². The summed E-state index contributed by atoms with van der Waals surface area (Å²) in [5.74, 6) is 3.75. The van der Waals surface area contributed by atoms with Crippen molar-refractivity contribution in [2.24, 2.45) is 4.99 Å². The highest BCUT2D eigenvalue weighted by atomic mass is 16.5. The first-order chi connectivity index (χ1) is 19.5. The predicted octanol–water partition coefficient (Wildman–Crippen LogP) is 6.98. The number of hydrogen-bond donors (Lipinski definition) is 0. The lowest BCUT2D eigenvalue weighted by Gasteiger charge is -2.12. The lowest BCUT2D eigenvalue weighted by molar-refractivity contribution is 0.305. The van der Waals surface area contributed by atoms with Crippen LogP contribution in [0.2, 0.25) is 0 Å². The molecule has 0 fully saturated rings. The normalized spacial score (nSPS) is 14.7. The Morgan fingerprint density at radius 1 is 0.650 bits per heavy atom. The third-order valence-corrected chi connectivity index (χ3v) is 7.48. The second-order valence-corrected chi connectivity index (χ2v) is 9.89. The third kappa shape index (κ3) is 4.68. The second kappa shape index (κ2) is 10.5. The van der Waals surface area contributed by atoms with Crippen LogP contribution in [0, 0.1) is 0 Å². The number of aliphatic imine (C=N–C) groups is 1. The summed E-state index contributed by atoms with van der Waals surface area (Å²) in [4.78, 5) is 4.70. The quantitative estimate of drug-likeness (QED) is 0.214. The topological polar surface area (TPSA) is 63.4 Å². The van der Waals surface area contributed by atoms with Gasteiger partial charge in [-0.05, 0) is 70.8 Å². The fraction of sp³-hybridized carbons (Fsp3) is 0.242. The van der Waals surface area contributed by atoms with Crippen molar-refractivity contribution in [2.75, 3.05) is 35.0 Å². The number of benzene rings is 4. The highest BCUT2D eigenvalue weighted by molar-refractivity contribution is 6.10. The summed E-state index contributed by atoms with van der Waals surface area (Å²) in [6, 6.07) is 25.2. The lowest BCUT2D eigenvalue weighted by atomic mass is 9.99. The molecule has 7 heteroatoms. The first kappa shape index (κ1) is 25.6. The first-order valence-corrected chi connectivity index (χ1v) is 13.2. The van der Waals surface area contributed by atoms with E-state index in [1.165, 1.54) is 0 Å². The zero-order valence-electron chi connectivity index (χ0n) is 23.4. The number of hydrogen-bond acceptors (Lipinski definition) is 6. The molecule has 1 aliphatic rings. The zero-order chi connectivity index (χ0) is 27.8. The number of methoxy groups -OCH3 is 4. The Morgan fingerprint density at radius 2 is 1.10 bits per heavy atom. The van der Waals surface area contributed by atoms with Gasteiger partial charge in [-0.3, -0.25) is 0 Å². The van der Waals surface area contributed by atoms with Crippen molar-refractivity contribution < 1.29 is 23.7 Å². The number of ether oxygens (including phenoxy) is 5. The van der Waals surface area contributed by atoms with Crippen molar-refractivity contribution >= 4 is 27.7 Å². The maximum atomic E-state index is 5.67. The number of fused-ring (bicyclic) bond motifs is 3. The minimum atomic E-state index is 0.0726. The monoisotopic (exact) mass is 536 g/mol. The Morgan fingerprint density at radius 3 is 1.48 bits per heavy atom. The Hall–Kier alpha value is -4.65. The second-order valence-electron chi connectivity index (χ2n) is 9.89. The van der Waals surface area contributed by atoms with Gasteiger partial charge in [0.2, 0.25) is 0 Å². The fourth-order valence-electron chi connectivity index (χ4n) is 5.46. The van der Waals surface area contributed by atoms with Gasteiger partial charge in [0, 0.05) is 47.4 Å². The Labute approximate surface area is 233 Å². The van der Waals surface area contributed by atoms with Crippen molar-refractivity contribution in [2.45, 2.75) is 19.5 Å². The highest BCUT2D eigenvalue weighted by Crippen LogP contribution is 2.38. The molecule has 0 unspecified atom stereocenters. The molecule has 1 aliphatic heterocycles. The number of nitrogens with zero attached hydrogens (tertiary/aromatic N) is 2. The van der Waals surface area contributed by atoms with Gasteiger partial charge in [0.25, 0.3) is 0 Å². The highest BCUT2D eigenvalue weighted by Gasteiger charge is 2.21. The minimum Gasteiger partial charge on any atom is -0.497 e. The average Bonchev–Trinajstić information content (AvgIpc) is 3.56. The molecule has 204 valence electrons. The predicted molar refractivity (Wildman–Crippen MR) is 159 cm³/mol. The van der Waals surface area contributed by atoms with Crippen LogP contribution in [0.1, 0.15) is 6.92 Å². The molecule has 1 aromatic heterocycles. The SMILES string of the molecule is COc1cc(OC)cc(-c2ccc3c(c2)c2cc(-c4cc(OC)cc(OC)c4)ccc2n3C[C@H]2COC(C)=N2)c1. The molecule has 0 saturated heterocycles. The smallest absolute Gasteiger partial charge is 0.180 e. The third-order valence-electron chi connectivity index (χ3n) is 7.48. The molecule has 0 N–H and O–H groups in total. The largest absolute Gasteiger partial charge is 0.497 e. The molecular weight excluding hydrogens is 504 g/mol. The van der Waals surface area contributed by atoms with Crippen LogP contribution in [0.4, 0.5) is 0 Å². The molecule has 4 aromatic carbocycles. The van der Waals surface area contributed by atoms with E-state index < -0.39 is 0 Å². The van der Waals surface area contributed by atoms with Crippen LogP contribution in [0.5, 0.6) is 23.0 Å². The Bertz CT molecular complexity index is 1600. The van der Waals surface area contributed by atoms with Crippen LogP contribution in [-0.2, 0) is 11.3 Å². The van der Waals surface area contributed by atoms with E-state index in [0.717, 1.165) is 79.5 Å². The van der Waals surface area contributed by atoms with Gasteiger partial charge < -0.3 is 28.3 Å². The number of aromatic nitrogens is 1. The van der Waals surface area contributed by atoms with Crippen molar-refractivity contribution in [3.63, 3.8) is 0 Å². The molecule has 0 aliphatic carbocycles. The van der Waals surface area contributed by atoms with Gasteiger partial charge in [-0.1, -0.05) is 12.1 Å². The number of rotatable bonds is 8. The molecular formula is C33H32N2O5. The van der Waals surface area contributed by atoms with Crippen LogP contribution < -0.4 is 18.9 Å². The molecule has 1 atom stereocenters. The fourth-order valence-corrected chi connectivity index (χ4v) is 5.46. The molecule has 7 nitrogen and oxygen atoms in total. The van der Waals surface area contributed by atoms with Crippen LogP contribution in [-0.4, -0.2) is 51.6 Å². The first-order valence-electron chi connectivity index (χ1n) is 13.2. The minimum absolute atomic E-state index is 0.0726. The molecule has 0 saturated carbocycles. The van der Waals surface area contributed by atoms with Gasteiger partial charge in [-0.25, -0.2) is 4.99 Å². The van der Waals surface area contributed by atoms with E-state index in [1.54, 1.807) is 28.4 Å². The zero-order valence-corrected chi connectivity index (χ0v) is 23.4. The molecule has 0 radical (unpaired) electrons. The van der Waals surface area contributed by atoms with Gasteiger partial charge in [0.1, 0.15) is 35.6 Å². The Balaban J connectivity index is 1.55. The summed E-state index contributed by atoms with van der Waals surface area (Å²) >= 11 is 0. The summed E-state index contributed by atoms with van der Waals surface area (Å²) in [5, 5.41) is 2.32. The maximum Gasteiger partial charge on any atom is 0.180 e. The summed E-state index contributed by atoms with van der Waals surface area (Å²) in [5.41, 5.74) is 6.50. The van der Waals surface area contributed by atoms with Crippen LogP contribution >= 0.6 is 0 Å². The molecule has 0 spiro atoms. The van der Waals surface area contributed by atoms with Crippen molar-refractivity contribution in [3.8, 4) is 45.3 Å². The van der Waals surface area contributed by atoms with Crippen molar-refractivity contribution in [1.82, 2.24) is 4.57 Å². The molecule has 6 rings (SSSR count). The van der Waals surface area contributed by atoms with E-state index in [2.05, 4.69) is 41.0 Å².